The number of hydrogen-bond acceptors (Lipinski definition) is 3. The highest BCUT2D eigenvalue weighted by Crippen LogP contribution is 2.26. The number of amides is 1. The van der Waals surface area contributed by atoms with Crippen molar-refractivity contribution in [3.8, 4) is 0 Å². The van der Waals surface area contributed by atoms with Crippen LogP contribution in [-0.4, -0.2) is 32.3 Å². The maximum absolute atomic E-state index is 12.2. The molecule has 0 heterocycles. The van der Waals surface area contributed by atoms with Gasteiger partial charge in [0.1, 0.15) is 4.90 Å². The second-order valence-electron chi connectivity index (χ2n) is 3.97. The molecule has 0 aliphatic heterocycles. The fraction of sp³-hybridized carbons (Fsp3) is 0.417. The predicted molar refractivity (Wildman–Crippen MR) is 76.4 cm³/mol. The zero-order chi connectivity index (χ0) is 14.6. The van der Waals surface area contributed by atoms with Crippen LogP contribution in [0.25, 0.3) is 0 Å². The molecule has 0 saturated heterocycles. The maximum Gasteiger partial charge on any atom is 0.262 e. The molecule has 106 valence electrons. The van der Waals surface area contributed by atoms with Gasteiger partial charge in [-0.2, -0.15) is 0 Å². The van der Waals surface area contributed by atoms with E-state index in [2.05, 4.69) is 0 Å². The summed E-state index contributed by atoms with van der Waals surface area (Å²) in [5, 5.41) is 0.00471. The number of rotatable bonds is 5. The van der Waals surface area contributed by atoms with Crippen molar-refractivity contribution in [2.24, 2.45) is 0 Å². The van der Waals surface area contributed by atoms with Crippen LogP contribution in [0, 0.1) is 0 Å². The van der Waals surface area contributed by atoms with Crippen LogP contribution in [0.2, 0.25) is 5.02 Å². The van der Waals surface area contributed by atoms with E-state index in [0.29, 0.717) is 13.1 Å². The largest absolute Gasteiger partial charge is 0.339 e. The molecule has 0 bridgehead atoms. The van der Waals surface area contributed by atoms with Gasteiger partial charge in [-0.05, 0) is 31.5 Å². The Morgan fingerprint density at radius 2 is 1.95 bits per heavy atom. The highest BCUT2D eigenvalue weighted by atomic mass is 35.7. The smallest absolute Gasteiger partial charge is 0.262 e. The van der Waals surface area contributed by atoms with Crippen molar-refractivity contribution >= 4 is 37.2 Å². The molecule has 0 saturated carbocycles. The van der Waals surface area contributed by atoms with Crippen LogP contribution in [0.4, 0.5) is 0 Å². The van der Waals surface area contributed by atoms with Gasteiger partial charge in [0.25, 0.3) is 15.0 Å². The first-order valence-corrected chi connectivity index (χ1v) is 8.53. The van der Waals surface area contributed by atoms with Gasteiger partial charge in [0, 0.05) is 29.3 Å². The van der Waals surface area contributed by atoms with Crippen LogP contribution in [0.3, 0.4) is 0 Å². The van der Waals surface area contributed by atoms with Gasteiger partial charge in [0.05, 0.1) is 5.02 Å². The quantitative estimate of drug-likeness (QED) is 0.782. The second-order valence-corrected chi connectivity index (χ2v) is 6.91. The van der Waals surface area contributed by atoms with Crippen LogP contribution in [0.1, 0.15) is 30.6 Å². The lowest BCUT2D eigenvalue weighted by molar-refractivity contribution is 0.0764. The Hall–Kier alpha value is -0.780. The fourth-order valence-electron chi connectivity index (χ4n) is 1.68. The number of benzene rings is 1. The summed E-state index contributed by atoms with van der Waals surface area (Å²) in [5.41, 5.74) is 0.263. The molecule has 0 aliphatic carbocycles. The van der Waals surface area contributed by atoms with Gasteiger partial charge in [-0.3, -0.25) is 4.79 Å². The van der Waals surface area contributed by atoms with Crippen molar-refractivity contribution in [3.63, 3.8) is 0 Å². The van der Waals surface area contributed by atoms with Crippen molar-refractivity contribution in [1.82, 2.24) is 4.90 Å². The summed E-state index contributed by atoms with van der Waals surface area (Å²) in [5.74, 6) is -0.234. The summed E-state index contributed by atoms with van der Waals surface area (Å²) in [6, 6.07) is 4.07. The lowest BCUT2D eigenvalue weighted by Gasteiger charge is -2.20. The predicted octanol–water partition coefficient (Wildman–Crippen LogP) is 3.14. The molecule has 0 fully saturated rings. The van der Waals surface area contributed by atoms with E-state index in [1.165, 1.54) is 18.2 Å². The third-order valence-corrected chi connectivity index (χ3v) is 4.41. The molecule has 0 spiro atoms. The number of nitrogens with zero attached hydrogens (tertiary/aromatic N) is 1. The molecule has 0 atom stereocenters. The summed E-state index contributed by atoms with van der Waals surface area (Å²) in [7, 11) is 1.31. The van der Waals surface area contributed by atoms with E-state index < -0.39 is 9.05 Å². The summed E-state index contributed by atoms with van der Waals surface area (Å²) in [6.45, 7) is 4.99. The van der Waals surface area contributed by atoms with E-state index in [4.69, 9.17) is 22.3 Å². The zero-order valence-electron chi connectivity index (χ0n) is 10.7. The van der Waals surface area contributed by atoms with Gasteiger partial charge in [-0.15, -0.1) is 0 Å². The van der Waals surface area contributed by atoms with Crippen LogP contribution in [-0.2, 0) is 9.05 Å². The SMILES string of the molecule is CCCN(CC)C(=O)c1ccc(Cl)c(S(=O)(=O)Cl)c1. The van der Waals surface area contributed by atoms with Crippen molar-refractivity contribution < 1.29 is 13.2 Å². The standard InChI is InChI=1S/C12H15Cl2NO3S/c1-3-7-15(4-2)12(16)9-5-6-10(13)11(8-9)19(14,17)18/h5-6,8H,3-4,7H2,1-2H3. The van der Waals surface area contributed by atoms with Crippen molar-refractivity contribution in [3.05, 3.63) is 28.8 Å². The Morgan fingerprint density at radius 1 is 1.32 bits per heavy atom. The van der Waals surface area contributed by atoms with E-state index in [1.54, 1.807) is 4.90 Å². The van der Waals surface area contributed by atoms with E-state index >= 15 is 0 Å². The highest BCUT2D eigenvalue weighted by Gasteiger charge is 2.20. The minimum Gasteiger partial charge on any atom is -0.339 e. The molecule has 1 aromatic carbocycles. The summed E-state index contributed by atoms with van der Waals surface area (Å²) < 4.78 is 22.7. The molecule has 1 amide bonds. The zero-order valence-corrected chi connectivity index (χ0v) is 13.0. The molecule has 0 aromatic heterocycles. The van der Waals surface area contributed by atoms with Gasteiger partial charge < -0.3 is 4.90 Å². The van der Waals surface area contributed by atoms with Crippen LogP contribution >= 0.6 is 22.3 Å². The normalized spacial score (nSPS) is 11.4. The molecule has 1 aromatic rings. The van der Waals surface area contributed by atoms with E-state index in [1.807, 2.05) is 13.8 Å². The van der Waals surface area contributed by atoms with Crippen molar-refractivity contribution in [1.29, 1.82) is 0 Å². The Balaban J connectivity index is 3.19. The topological polar surface area (TPSA) is 54.5 Å². The van der Waals surface area contributed by atoms with Crippen molar-refractivity contribution in [2.75, 3.05) is 13.1 Å². The lowest BCUT2D eigenvalue weighted by Crippen LogP contribution is -2.31. The molecule has 0 radical (unpaired) electrons. The van der Waals surface area contributed by atoms with Crippen LogP contribution in [0.15, 0.2) is 23.1 Å². The van der Waals surface area contributed by atoms with Gasteiger partial charge in [-0.1, -0.05) is 18.5 Å². The third-order valence-electron chi connectivity index (χ3n) is 2.60. The minimum atomic E-state index is -3.96. The molecule has 1 rings (SSSR count). The minimum absolute atomic E-state index is 0.00471. The highest BCUT2D eigenvalue weighted by molar-refractivity contribution is 8.13. The Bertz CT molecular complexity index is 572. The Kier molecular flexibility index (Phi) is 5.64. The van der Waals surface area contributed by atoms with Crippen LogP contribution in [0.5, 0.6) is 0 Å². The molecule has 4 nitrogen and oxygen atoms in total. The summed E-state index contributed by atoms with van der Waals surface area (Å²) in [4.78, 5) is 13.6. The molecular weight excluding hydrogens is 309 g/mol. The van der Waals surface area contributed by atoms with Crippen LogP contribution < -0.4 is 0 Å². The molecule has 0 aliphatic rings. The first kappa shape index (κ1) is 16.3. The molecule has 0 N–H and O–H groups in total. The lowest BCUT2D eigenvalue weighted by atomic mass is 10.2. The van der Waals surface area contributed by atoms with E-state index in [0.717, 1.165) is 6.42 Å². The summed E-state index contributed by atoms with van der Waals surface area (Å²) in [6.07, 6.45) is 0.827. The number of carbonyl (C=O) groups is 1. The van der Waals surface area contributed by atoms with Crippen molar-refractivity contribution in [2.45, 2.75) is 25.2 Å². The Morgan fingerprint density at radius 3 is 2.42 bits per heavy atom. The average Bonchev–Trinajstić information content (AvgIpc) is 2.34. The maximum atomic E-state index is 12.2. The summed E-state index contributed by atoms with van der Waals surface area (Å²) >= 11 is 5.77. The third kappa shape index (κ3) is 4.09. The fourth-order valence-corrected chi connectivity index (χ4v) is 3.17. The van der Waals surface area contributed by atoms with Gasteiger partial charge in [-0.25, -0.2) is 8.42 Å². The van der Waals surface area contributed by atoms with Gasteiger partial charge in [0.15, 0.2) is 0 Å². The first-order chi connectivity index (χ1) is 8.81. The first-order valence-electron chi connectivity index (χ1n) is 5.84. The Labute approximate surface area is 122 Å². The molecule has 19 heavy (non-hydrogen) atoms. The average molecular weight is 324 g/mol. The molecular formula is C12H15Cl2NO3S. The van der Waals surface area contributed by atoms with E-state index in [-0.39, 0.29) is 21.4 Å². The van der Waals surface area contributed by atoms with Gasteiger partial charge >= 0.3 is 0 Å². The second kappa shape index (κ2) is 6.59. The number of hydrogen-bond donors (Lipinski definition) is 0. The number of carbonyl (C=O) groups excluding carboxylic acids is 1. The number of halogens is 2. The van der Waals surface area contributed by atoms with E-state index in [9.17, 15) is 13.2 Å². The molecule has 7 heteroatoms. The molecule has 0 unspecified atom stereocenters. The van der Waals surface area contributed by atoms with Gasteiger partial charge in [0.2, 0.25) is 0 Å². The monoisotopic (exact) mass is 323 g/mol.